The summed E-state index contributed by atoms with van der Waals surface area (Å²) in [6, 6.07) is 3.31. The minimum absolute atomic E-state index is 0.0138. The van der Waals surface area contributed by atoms with Gasteiger partial charge < -0.3 is 15.7 Å². The second kappa shape index (κ2) is 6.20. The molecule has 0 spiro atoms. The quantitative estimate of drug-likeness (QED) is 0.724. The number of aromatic nitrogens is 1. The van der Waals surface area contributed by atoms with Gasteiger partial charge >= 0.3 is 0 Å². The number of anilines is 1. The van der Waals surface area contributed by atoms with E-state index < -0.39 is 0 Å². The number of carbonyl (C=O) groups is 1. The van der Waals surface area contributed by atoms with Gasteiger partial charge in [0.1, 0.15) is 0 Å². The Morgan fingerprint density at radius 2 is 2.24 bits per heavy atom. The van der Waals surface area contributed by atoms with Crippen LogP contribution in [0.5, 0.6) is 5.75 Å². The van der Waals surface area contributed by atoms with Crippen LogP contribution in [0.3, 0.4) is 0 Å². The van der Waals surface area contributed by atoms with Crippen molar-refractivity contribution in [3.8, 4) is 5.75 Å². The lowest BCUT2D eigenvalue weighted by Crippen LogP contribution is -2.30. The first-order valence-electron chi connectivity index (χ1n) is 5.72. The van der Waals surface area contributed by atoms with Gasteiger partial charge in [-0.1, -0.05) is 6.92 Å². The van der Waals surface area contributed by atoms with E-state index in [0.717, 1.165) is 12.2 Å². The van der Waals surface area contributed by atoms with E-state index in [4.69, 9.17) is 0 Å². The topological polar surface area (TPSA) is 74.2 Å². The third-order valence-electron chi connectivity index (χ3n) is 2.32. The molecule has 0 aliphatic rings. The lowest BCUT2D eigenvalue weighted by Gasteiger charge is -2.12. The van der Waals surface area contributed by atoms with Crippen LogP contribution >= 0.6 is 0 Å². The first-order valence-corrected chi connectivity index (χ1v) is 5.72. The molecule has 0 fully saturated rings. The van der Waals surface area contributed by atoms with Gasteiger partial charge in [0.15, 0.2) is 11.6 Å². The molecule has 1 aromatic heterocycles. The molecule has 1 amide bonds. The second-order valence-electron chi connectivity index (χ2n) is 4.03. The van der Waals surface area contributed by atoms with Gasteiger partial charge in [-0.25, -0.2) is 4.98 Å². The molecule has 1 unspecified atom stereocenters. The van der Waals surface area contributed by atoms with E-state index in [1.54, 1.807) is 13.0 Å². The number of nitrogens with zero attached hydrogens (tertiary/aromatic N) is 1. The second-order valence-corrected chi connectivity index (χ2v) is 4.03. The minimum Gasteiger partial charge on any atom is -0.504 e. The Kier molecular flexibility index (Phi) is 4.90. The Labute approximate surface area is 101 Å². The van der Waals surface area contributed by atoms with Crippen molar-refractivity contribution in [2.75, 3.05) is 11.9 Å². The smallest absolute Gasteiger partial charge is 0.227 e. The summed E-state index contributed by atoms with van der Waals surface area (Å²) in [5, 5.41) is 15.3. The average Bonchev–Trinajstić information content (AvgIpc) is 2.23. The highest BCUT2D eigenvalue weighted by molar-refractivity contribution is 5.91. The zero-order valence-electron chi connectivity index (χ0n) is 10.4. The standard InChI is InChI=1S/C12H19N3O2/c1-4-13-9(3)7-11(17)15-12-10(16)6-5-8(2)14-12/h5-6,9,13,16H,4,7H2,1-3H3,(H,14,15,17). The van der Waals surface area contributed by atoms with Crippen LogP contribution in [0.2, 0.25) is 0 Å². The summed E-state index contributed by atoms with van der Waals surface area (Å²) in [6.07, 6.45) is 0.350. The molecular formula is C12H19N3O2. The van der Waals surface area contributed by atoms with Crippen LogP contribution in [-0.4, -0.2) is 28.6 Å². The largest absolute Gasteiger partial charge is 0.504 e. The molecule has 94 valence electrons. The number of hydrogen-bond acceptors (Lipinski definition) is 4. The van der Waals surface area contributed by atoms with E-state index in [-0.39, 0.29) is 23.5 Å². The molecule has 5 nitrogen and oxygen atoms in total. The monoisotopic (exact) mass is 237 g/mol. The zero-order valence-corrected chi connectivity index (χ0v) is 10.4. The number of amides is 1. The average molecular weight is 237 g/mol. The van der Waals surface area contributed by atoms with E-state index >= 15 is 0 Å². The summed E-state index contributed by atoms with van der Waals surface area (Å²) >= 11 is 0. The molecule has 17 heavy (non-hydrogen) atoms. The first-order chi connectivity index (χ1) is 8.02. The minimum atomic E-state index is -0.160. The summed E-state index contributed by atoms with van der Waals surface area (Å²) in [5.41, 5.74) is 0.748. The van der Waals surface area contributed by atoms with E-state index in [9.17, 15) is 9.90 Å². The van der Waals surface area contributed by atoms with E-state index in [1.165, 1.54) is 6.07 Å². The molecule has 1 atom stereocenters. The molecule has 0 radical (unpaired) electrons. The van der Waals surface area contributed by atoms with Crippen LogP contribution in [0.15, 0.2) is 12.1 Å². The van der Waals surface area contributed by atoms with E-state index in [1.807, 2.05) is 13.8 Å². The molecule has 0 aliphatic carbocycles. The molecular weight excluding hydrogens is 218 g/mol. The molecule has 1 rings (SSSR count). The maximum absolute atomic E-state index is 11.7. The maximum atomic E-state index is 11.7. The highest BCUT2D eigenvalue weighted by Crippen LogP contribution is 2.20. The van der Waals surface area contributed by atoms with Gasteiger partial charge in [0.05, 0.1) is 0 Å². The zero-order chi connectivity index (χ0) is 12.8. The highest BCUT2D eigenvalue weighted by Gasteiger charge is 2.11. The van der Waals surface area contributed by atoms with Crippen LogP contribution in [0, 0.1) is 6.92 Å². The lowest BCUT2D eigenvalue weighted by molar-refractivity contribution is -0.116. The number of hydrogen-bond donors (Lipinski definition) is 3. The van der Waals surface area contributed by atoms with Crippen molar-refractivity contribution in [2.45, 2.75) is 33.2 Å². The predicted octanol–water partition coefficient (Wildman–Crippen LogP) is 1.42. The van der Waals surface area contributed by atoms with Gasteiger partial charge in [-0.2, -0.15) is 0 Å². The van der Waals surface area contributed by atoms with Crippen molar-refractivity contribution in [3.63, 3.8) is 0 Å². The fourth-order valence-electron chi connectivity index (χ4n) is 1.52. The number of carbonyl (C=O) groups excluding carboxylic acids is 1. The highest BCUT2D eigenvalue weighted by atomic mass is 16.3. The predicted molar refractivity (Wildman–Crippen MR) is 67.0 cm³/mol. The normalized spacial score (nSPS) is 12.2. The Hall–Kier alpha value is -1.62. The summed E-state index contributed by atoms with van der Waals surface area (Å²) in [7, 11) is 0. The van der Waals surface area contributed by atoms with Crippen LogP contribution < -0.4 is 10.6 Å². The molecule has 0 aliphatic heterocycles. The summed E-state index contributed by atoms with van der Waals surface area (Å²) in [6.45, 7) is 6.55. The summed E-state index contributed by atoms with van der Waals surface area (Å²) in [4.78, 5) is 15.7. The third-order valence-corrected chi connectivity index (χ3v) is 2.32. The Morgan fingerprint density at radius 3 is 2.88 bits per heavy atom. The molecule has 1 heterocycles. The molecule has 0 saturated heterocycles. The molecule has 5 heteroatoms. The van der Waals surface area contributed by atoms with Crippen molar-refractivity contribution < 1.29 is 9.90 Å². The van der Waals surface area contributed by atoms with Crippen LogP contribution in [0.1, 0.15) is 26.0 Å². The van der Waals surface area contributed by atoms with Crippen molar-refractivity contribution >= 4 is 11.7 Å². The molecule has 3 N–H and O–H groups in total. The molecule has 0 aromatic carbocycles. The summed E-state index contributed by atoms with van der Waals surface area (Å²) in [5.74, 6) is 0.0469. The number of pyridine rings is 1. The number of aromatic hydroxyl groups is 1. The third kappa shape index (κ3) is 4.40. The SMILES string of the molecule is CCNC(C)CC(=O)Nc1nc(C)ccc1O. The van der Waals surface area contributed by atoms with Gasteiger partial charge in [0.25, 0.3) is 0 Å². The van der Waals surface area contributed by atoms with Gasteiger partial charge in [-0.15, -0.1) is 0 Å². The van der Waals surface area contributed by atoms with Crippen LogP contribution in [-0.2, 0) is 4.79 Å². The number of aryl methyl sites for hydroxylation is 1. The molecule has 1 aromatic rings. The number of rotatable bonds is 5. The van der Waals surface area contributed by atoms with Gasteiger partial charge in [0, 0.05) is 18.2 Å². The van der Waals surface area contributed by atoms with Gasteiger partial charge in [-0.05, 0) is 32.5 Å². The fourth-order valence-corrected chi connectivity index (χ4v) is 1.52. The van der Waals surface area contributed by atoms with Crippen LogP contribution in [0.4, 0.5) is 5.82 Å². The van der Waals surface area contributed by atoms with E-state index in [2.05, 4.69) is 15.6 Å². The fraction of sp³-hybridized carbons (Fsp3) is 0.500. The maximum Gasteiger partial charge on any atom is 0.227 e. The number of nitrogens with one attached hydrogen (secondary N) is 2. The van der Waals surface area contributed by atoms with Crippen LogP contribution in [0.25, 0.3) is 0 Å². The Balaban J connectivity index is 2.58. The van der Waals surface area contributed by atoms with E-state index in [0.29, 0.717) is 6.42 Å². The van der Waals surface area contributed by atoms with Crippen molar-refractivity contribution in [2.24, 2.45) is 0 Å². The molecule has 0 bridgehead atoms. The van der Waals surface area contributed by atoms with Crippen molar-refractivity contribution in [1.82, 2.24) is 10.3 Å². The van der Waals surface area contributed by atoms with Gasteiger partial charge in [-0.3, -0.25) is 4.79 Å². The Bertz CT molecular complexity index is 393. The molecule has 0 saturated carbocycles. The Morgan fingerprint density at radius 1 is 1.53 bits per heavy atom. The van der Waals surface area contributed by atoms with Gasteiger partial charge in [0.2, 0.25) is 5.91 Å². The first kappa shape index (κ1) is 13.4. The van der Waals surface area contributed by atoms with Crippen molar-refractivity contribution in [3.05, 3.63) is 17.8 Å². The summed E-state index contributed by atoms with van der Waals surface area (Å²) < 4.78 is 0. The van der Waals surface area contributed by atoms with Crippen molar-refractivity contribution in [1.29, 1.82) is 0 Å². The lowest BCUT2D eigenvalue weighted by atomic mass is 10.2.